The Morgan fingerprint density at radius 2 is 1.77 bits per heavy atom. The first-order valence-electron chi connectivity index (χ1n) is 11.5. The molecule has 1 aromatic heterocycles. The predicted molar refractivity (Wildman–Crippen MR) is 119 cm³/mol. The van der Waals surface area contributed by atoms with E-state index in [1.54, 1.807) is 12.4 Å². The van der Waals surface area contributed by atoms with E-state index in [1.165, 1.54) is 5.56 Å². The third kappa shape index (κ3) is 5.30. The van der Waals surface area contributed by atoms with Crippen molar-refractivity contribution in [3.05, 3.63) is 59.7 Å². The molecule has 2 fully saturated rings. The topological polar surface area (TPSA) is 66.4 Å². The summed E-state index contributed by atoms with van der Waals surface area (Å²) >= 11 is 0. The molecule has 2 aromatic rings. The minimum Gasteiger partial charge on any atom is -0.342 e. The molecule has 0 bridgehead atoms. The van der Waals surface area contributed by atoms with Crippen molar-refractivity contribution in [1.29, 1.82) is 0 Å². The Kier molecular flexibility index (Phi) is 6.95. The molecule has 31 heavy (non-hydrogen) atoms. The Morgan fingerprint density at radius 1 is 1.00 bits per heavy atom. The van der Waals surface area contributed by atoms with Crippen LogP contribution >= 0.6 is 0 Å². The number of benzene rings is 1. The van der Waals surface area contributed by atoms with Crippen molar-refractivity contribution in [2.45, 2.75) is 45.4 Å². The third-order valence-corrected chi connectivity index (χ3v) is 6.73. The molecule has 1 atom stereocenters. The fraction of sp³-hybridized carbons (Fsp3) is 0.520. The van der Waals surface area contributed by atoms with Crippen molar-refractivity contribution in [2.75, 3.05) is 26.2 Å². The predicted octanol–water partition coefficient (Wildman–Crippen LogP) is 3.51. The van der Waals surface area contributed by atoms with Crippen LogP contribution in [0.3, 0.4) is 0 Å². The van der Waals surface area contributed by atoms with Gasteiger partial charge in [0, 0.05) is 38.3 Å². The van der Waals surface area contributed by atoms with Crippen LogP contribution in [0, 0.1) is 18.8 Å². The van der Waals surface area contributed by atoms with E-state index in [0.29, 0.717) is 30.6 Å². The quantitative estimate of drug-likeness (QED) is 0.742. The van der Waals surface area contributed by atoms with E-state index in [0.717, 1.165) is 57.3 Å². The van der Waals surface area contributed by atoms with E-state index in [1.807, 2.05) is 17.9 Å². The lowest BCUT2D eigenvalue weighted by Gasteiger charge is -2.36. The van der Waals surface area contributed by atoms with Crippen LogP contribution in [0.2, 0.25) is 0 Å². The van der Waals surface area contributed by atoms with Gasteiger partial charge in [0.1, 0.15) is 5.69 Å². The number of aryl methyl sites for hydroxylation is 1. The van der Waals surface area contributed by atoms with Crippen molar-refractivity contribution in [2.24, 2.45) is 11.8 Å². The zero-order valence-corrected chi connectivity index (χ0v) is 18.4. The van der Waals surface area contributed by atoms with Crippen LogP contribution in [-0.2, 0) is 11.2 Å². The van der Waals surface area contributed by atoms with Gasteiger partial charge in [-0.2, -0.15) is 0 Å². The van der Waals surface area contributed by atoms with Crippen LogP contribution in [-0.4, -0.2) is 57.8 Å². The van der Waals surface area contributed by atoms with Crippen LogP contribution in [0.1, 0.15) is 53.8 Å². The standard InChI is InChI=1S/C25H32N4O2/c1-19-17-27-23(18-26-19)25(31)29-15-11-21(12-16-29)22-9-5-6-13-28(24(22)30)14-10-20-7-3-2-4-8-20/h2-4,7-8,17-18,21-22H,5-6,9-16H2,1H3. The molecule has 0 radical (unpaired) electrons. The summed E-state index contributed by atoms with van der Waals surface area (Å²) in [5.41, 5.74) is 2.49. The number of piperidine rings is 1. The van der Waals surface area contributed by atoms with Crippen molar-refractivity contribution >= 4 is 11.8 Å². The first kappa shape index (κ1) is 21.5. The summed E-state index contributed by atoms with van der Waals surface area (Å²) in [7, 11) is 0. The number of rotatable bonds is 5. The Morgan fingerprint density at radius 3 is 2.48 bits per heavy atom. The maximum atomic E-state index is 13.4. The minimum absolute atomic E-state index is 0.0531. The van der Waals surface area contributed by atoms with E-state index >= 15 is 0 Å². The van der Waals surface area contributed by atoms with E-state index in [2.05, 4.69) is 39.1 Å². The third-order valence-electron chi connectivity index (χ3n) is 6.73. The number of aromatic nitrogens is 2. The summed E-state index contributed by atoms with van der Waals surface area (Å²) in [6.07, 6.45) is 9.03. The lowest BCUT2D eigenvalue weighted by atomic mass is 9.81. The highest BCUT2D eigenvalue weighted by molar-refractivity contribution is 5.92. The van der Waals surface area contributed by atoms with Gasteiger partial charge < -0.3 is 9.80 Å². The Bertz CT molecular complexity index is 876. The maximum absolute atomic E-state index is 13.4. The van der Waals surface area contributed by atoms with Crippen LogP contribution in [0.5, 0.6) is 0 Å². The number of likely N-dealkylation sites (tertiary alicyclic amines) is 2. The van der Waals surface area contributed by atoms with Gasteiger partial charge in [-0.25, -0.2) is 4.98 Å². The van der Waals surface area contributed by atoms with Crippen molar-refractivity contribution < 1.29 is 9.59 Å². The molecule has 1 unspecified atom stereocenters. The second-order valence-electron chi connectivity index (χ2n) is 8.84. The average molecular weight is 421 g/mol. The summed E-state index contributed by atoms with van der Waals surface area (Å²) in [6, 6.07) is 10.4. The Hall–Kier alpha value is -2.76. The molecule has 2 saturated heterocycles. The first-order chi connectivity index (χ1) is 15.1. The fourth-order valence-electron chi connectivity index (χ4n) is 4.87. The molecule has 3 heterocycles. The molecule has 6 heteroatoms. The van der Waals surface area contributed by atoms with Crippen LogP contribution in [0.25, 0.3) is 0 Å². The minimum atomic E-state index is -0.0531. The highest BCUT2D eigenvalue weighted by Crippen LogP contribution is 2.32. The highest BCUT2D eigenvalue weighted by atomic mass is 16.2. The monoisotopic (exact) mass is 420 g/mol. The first-order valence-corrected chi connectivity index (χ1v) is 11.5. The number of amides is 2. The molecule has 0 aliphatic carbocycles. The molecule has 0 N–H and O–H groups in total. The number of carbonyl (C=O) groups excluding carboxylic acids is 2. The maximum Gasteiger partial charge on any atom is 0.274 e. The second-order valence-corrected chi connectivity index (χ2v) is 8.84. The lowest BCUT2D eigenvalue weighted by Crippen LogP contribution is -2.44. The molecule has 0 saturated carbocycles. The van der Waals surface area contributed by atoms with Crippen molar-refractivity contribution in [1.82, 2.24) is 19.8 Å². The summed E-state index contributed by atoms with van der Waals surface area (Å²) in [4.78, 5) is 38.5. The zero-order valence-electron chi connectivity index (χ0n) is 18.4. The van der Waals surface area contributed by atoms with Crippen LogP contribution < -0.4 is 0 Å². The Labute approximate surface area is 184 Å². The number of nitrogens with zero attached hydrogens (tertiary/aromatic N) is 4. The largest absolute Gasteiger partial charge is 0.342 e. The van der Waals surface area contributed by atoms with E-state index in [-0.39, 0.29) is 11.8 Å². The summed E-state index contributed by atoms with van der Waals surface area (Å²) in [5.74, 6) is 0.720. The summed E-state index contributed by atoms with van der Waals surface area (Å²) in [5, 5.41) is 0. The van der Waals surface area contributed by atoms with Gasteiger partial charge in [0.15, 0.2) is 0 Å². The van der Waals surface area contributed by atoms with Gasteiger partial charge in [-0.1, -0.05) is 36.8 Å². The molecule has 0 spiro atoms. The van der Waals surface area contributed by atoms with Gasteiger partial charge in [-0.05, 0) is 50.5 Å². The van der Waals surface area contributed by atoms with E-state index in [9.17, 15) is 9.59 Å². The van der Waals surface area contributed by atoms with Gasteiger partial charge in [-0.3, -0.25) is 14.6 Å². The molecule has 4 rings (SSSR count). The van der Waals surface area contributed by atoms with Crippen LogP contribution in [0.15, 0.2) is 42.7 Å². The molecule has 164 valence electrons. The van der Waals surface area contributed by atoms with Gasteiger partial charge in [-0.15, -0.1) is 0 Å². The van der Waals surface area contributed by atoms with Gasteiger partial charge in [0.25, 0.3) is 5.91 Å². The van der Waals surface area contributed by atoms with Gasteiger partial charge in [0.2, 0.25) is 5.91 Å². The SMILES string of the molecule is Cc1cnc(C(=O)N2CCC(C3CCCCN(CCc4ccccc4)C3=O)CC2)cn1. The highest BCUT2D eigenvalue weighted by Gasteiger charge is 2.36. The van der Waals surface area contributed by atoms with Crippen LogP contribution in [0.4, 0.5) is 0 Å². The smallest absolute Gasteiger partial charge is 0.274 e. The van der Waals surface area contributed by atoms with Gasteiger partial charge >= 0.3 is 0 Å². The van der Waals surface area contributed by atoms with E-state index < -0.39 is 0 Å². The summed E-state index contributed by atoms with van der Waals surface area (Å²) in [6.45, 7) is 4.90. The van der Waals surface area contributed by atoms with Crippen molar-refractivity contribution in [3.63, 3.8) is 0 Å². The molecule has 2 aliphatic heterocycles. The molecule has 2 amide bonds. The number of hydrogen-bond donors (Lipinski definition) is 0. The molecular weight excluding hydrogens is 388 g/mol. The van der Waals surface area contributed by atoms with Crippen molar-refractivity contribution in [3.8, 4) is 0 Å². The Balaban J connectivity index is 1.33. The normalized spacial score (nSPS) is 20.5. The zero-order chi connectivity index (χ0) is 21.6. The average Bonchev–Trinajstić information content (AvgIpc) is 3.00. The van der Waals surface area contributed by atoms with Gasteiger partial charge in [0.05, 0.1) is 11.9 Å². The fourth-order valence-corrected chi connectivity index (χ4v) is 4.87. The molecule has 6 nitrogen and oxygen atoms in total. The van der Waals surface area contributed by atoms with E-state index in [4.69, 9.17) is 0 Å². The molecular formula is C25H32N4O2. The lowest BCUT2D eigenvalue weighted by molar-refractivity contribution is -0.137. The second kappa shape index (κ2) is 10.0. The number of carbonyl (C=O) groups is 2. The molecule has 1 aromatic carbocycles. The molecule has 2 aliphatic rings. The number of hydrogen-bond acceptors (Lipinski definition) is 4. The summed E-state index contributed by atoms with van der Waals surface area (Å²) < 4.78 is 0.